The number of piperidine rings is 1. The van der Waals surface area contributed by atoms with Crippen molar-refractivity contribution >= 4 is 17.3 Å². The maximum absolute atomic E-state index is 11.3. The predicted octanol–water partition coefficient (Wildman–Crippen LogP) is 1.65. The number of nitrogens with two attached hydrogens (primary N) is 2. The standard InChI is InChI=1S/C15H24N4O/c1-2-7-19-8-5-11(6-9-19)18-12-3-4-14(16)13(10-12)15(17)20/h3-4,10-11,18H,2,5-9,16H2,1H3,(H2,17,20). The van der Waals surface area contributed by atoms with Gasteiger partial charge < -0.3 is 21.7 Å². The summed E-state index contributed by atoms with van der Waals surface area (Å²) >= 11 is 0. The van der Waals surface area contributed by atoms with E-state index in [0.29, 0.717) is 17.3 Å². The second-order valence-corrected chi connectivity index (χ2v) is 5.43. The Kier molecular flexibility index (Phi) is 4.84. The highest BCUT2D eigenvalue weighted by atomic mass is 16.1. The SMILES string of the molecule is CCCN1CCC(Nc2ccc(N)c(C(N)=O)c2)CC1. The van der Waals surface area contributed by atoms with E-state index in [0.717, 1.165) is 31.6 Å². The van der Waals surface area contributed by atoms with Gasteiger partial charge in [0.25, 0.3) is 5.91 Å². The van der Waals surface area contributed by atoms with Gasteiger partial charge in [0.1, 0.15) is 0 Å². The molecule has 5 nitrogen and oxygen atoms in total. The van der Waals surface area contributed by atoms with Gasteiger partial charge in [0, 0.05) is 30.5 Å². The van der Waals surface area contributed by atoms with Crippen LogP contribution >= 0.6 is 0 Å². The van der Waals surface area contributed by atoms with Crippen molar-refractivity contribution in [3.8, 4) is 0 Å². The first kappa shape index (κ1) is 14.7. The zero-order chi connectivity index (χ0) is 14.5. The molecule has 0 unspecified atom stereocenters. The van der Waals surface area contributed by atoms with Crippen LogP contribution < -0.4 is 16.8 Å². The van der Waals surface area contributed by atoms with Gasteiger partial charge in [0.15, 0.2) is 0 Å². The molecule has 0 radical (unpaired) electrons. The molecule has 0 atom stereocenters. The maximum atomic E-state index is 11.3. The third-order valence-electron chi connectivity index (χ3n) is 3.82. The lowest BCUT2D eigenvalue weighted by Gasteiger charge is -2.32. The number of anilines is 2. The van der Waals surface area contributed by atoms with Gasteiger partial charge in [-0.15, -0.1) is 0 Å². The summed E-state index contributed by atoms with van der Waals surface area (Å²) in [6.07, 6.45) is 3.45. The summed E-state index contributed by atoms with van der Waals surface area (Å²) in [6.45, 7) is 5.65. The minimum Gasteiger partial charge on any atom is -0.398 e. The molecule has 110 valence electrons. The molecule has 1 saturated heterocycles. The van der Waals surface area contributed by atoms with E-state index in [2.05, 4.69) is 17.1 Å². The molecule has 1 heterocycles. The lowest BCUT2D eigenvalue weighted by atomic mass is 10.0. The summed E-state index contributed by atoms with van der Waals surface area (Å²) in [5.74, 6) is -0.482. The number of rotatable bonds is 5. The van der Waals surface area contributed by atoms with Gasteiger partial charge in [0.2, 0.25) is 0 Å². The summed E-state index contributed by atoms with van der Waals surface area (Å²) in [6, 6.07) is 5.83. The second kappa shape index (κ2) is 6.61. The topological polar surface area (TPSA) is 84.4 Å². The Morgan fingerprint density at radius 1 is 1.40 bits per heavy atom. The molecule has 0 aliphatic carbocycles. The lowest BCUT2D eigenvalue weighted by Crippen LogP contribution is -2.39. The summed E-state index contributed by atoms with van der Waals surface area (Å²) in [5.41, 5.74) is 12.8. The number of nitrogens with one attached hydrogen (secondary N) is 1. The first-order valence-corrected chi connectivity index (χ1v) is 7.28. The highest BCUT2D eigenvalue weighted by Gasteiger charge is 2.18. The fourth-order valence-corrected chi connectivity index (χ4v) is 2.71. The number of amides is 1. The molecule has 5 heteroatoms. The monoisotopic (exact) mass is 276 g/mol. The number of nitrogen functional groups attached to an aromatic ring is 1. The van der Waals surface area contributed by atoms with Crippen molar-refractivity contribution < 1.29 is 4.79 Å². The fourth-order valence-electron chi connectivity index (χ4n) is 2.71. The third-order valence-corrected chi connectivity index (χ3v) is 3.82. The molecule has 20 heavy (non-hydrogen) atoms. The average Bonchev–Trinajstić information content (AvgIpc) is 2.43. The predicted molar refractivity (Wildman–Crippen MR) is 82.7 cm³/mol. The zero-order valence-corrected chi connectivity index (χ0v) is 12.1. The summed E-state index contributed by atoms with van der Waals surface area (Å²) in [5, 5.41) is 3.48. The largest absolute Gasteiger partial charge is 0.398 e. The van der Waals surface area contributed by atoms with Crippen LogP contribution in [-0.4, -0.2) is 36.5 Å². The van der Waals surface area contributed by atoms with Crippen molar-refractivity contribution in [1.29, 1.82) is 0 Å². The van der Waals surface area contributed by atoms with Crippen molar-refractivity contribution in [3.05, 3.63) is 23.8 Å². The Morgan fingerprint density at radius 3 is 2.70 bits per heavy atom. The van der Waals surface area contributed by atoms with Crippen LogP contribution in [-0.2, 0) is 0 Å². The van der Waals surface area contributed by atoms with Crippen LogP contribution in [0.25, 0.3) is 0 Å². The molecule has 0 bridgehead atoms. The molecule has 1 aliphatic heterocycles. The smallest absolute Gasteiger partial charge is 0.250 e. The molecular formula is C15H24N4O. The Morgan fingerprint density at radius 2 is 2.10 bits per heavy atom. The quantitative estimate of drug-likeness (QED) is 0.714. The summed E-state index contributed by atoms with van der Waals surface area (Å²) < 4.78 is 0. The number of nitrogens with zero attached hydrogens (tertiary/aromatic N) is 1. The van der Waals surface area contributed by atoms with Crippen molar-refractivity contribution in [2.75, 3.05) is 30.7 Å². The molecule has 1 aromatic carbocycles. The van der Waals surface area contributed by atoms with Crippen LogP contribution in [0, 0.1) is 0 Å². The van der Waals surface area contributed by atoms with E-state index < -0.39 is 5.91 Å². The molecule has 1 fully saturated rings. The summed E-state index contributed by atoms with van der Waals surface area (Å²) in [4.78, 5) is 13.8. The highest BCUT2D eigenvalue weighted by molar-refractivity contribution is 5.98. The molecule has 2 rings (SSSR count). The Labute approximate surface area is 120 Å². The van der Waals surface area contributed by atoms with Crippen LogP contribution in [0.15, 0.2) is 18.2 Å². The van der Waals surface area contributed by atoms with Gasteiger partial charge in [-0.2, -0.15) is 0 Å². The van der Waals surface area contributed by atoms with E-state index in [1.54, 1.807) is 12.1 Å². The molecule has 0 aromatic heterocycles. The van der Waals surface area contributed by atoms with Crippen LogP contribution in [0.3, 0.4) is 0 Å². The van der Waals surface area contributed by atoms with E-state index in [-0.39, 0.29) is 0 Å². The molecule has 0 saturated carbocycles. The number of primary amides is 1. The number of benzene rings is 1. The Balaban J connectivity index is 1.94. The molecule has 1 amide bonds. The van der Waals surface area contributed by atoms with Crippen LogP contribution in [0.5, 0.6) is 0 Å². The first-order valence-electron chi connectivity index (χ1n) is 7.28. The normalized spacial score (nSPS) is 17.1. The molecule has 5 N–H and O–H groups in total. The Bertz CT molecular complexity index is 467. The van der Waals surface area contributed by atoms with E-state index in [1.165, 1.54) is 13.0 Å². The molecule has 1 aliphatic rings. The first-order chi connectivity index (χ1) is 9.60. The maximum Gasteiger partial charge on any atom is 0.250 e. The van der Waals surface area contributed by atoms with Gasteiger partial charge >= 0.3 is 0 Å². The number of carbonyl (C=O) groups excluding carboxylic acids is 1. The van der Waals surface area contributed by atoms with Crippen molar-refractivity contribution in [2.45, 2.75) is 32.2 Å². The minimum atomic E-state index is -0.482. The third kappa shape index (κ3) is 3.63. The van der Waals surface area contributed by atoms with E-state index in [1.807, 2.05) is 6.07 Å². The van der Waals surface area contributed by atoms with Crippen LogP contribution in [0.4, 0.5) is 11.4 Å². The van der Waals surface area contributed by atoms with Crippen LogP contribution in [0.1, 0.15) is 36.5 Å². The Hall–Kier alpha value is -1.75. The highest BCUT2D eigenvalue weighted by Crippen LogP contribution is 2.21. The zero-order valence-electron chi connectivity index (χ0n) is 12.1. The number of hydrogen-bond donors (Lipinski definition) is 3. The molecule has 1 aromatic rings. The van der Waals surface area contributed by atoms with Crippen molar-refractivity contribution in [3.63, 3.8) is 0 Å². The van der Waals surface area contributed by atoms with Gasteiger partial charge in [-0.1, -0.05) is 6.92 Å². The van der Waals surface area contributed by atoms with Crippen LogP contribution in [0.2, 0.25) is 0 Å². The average molecular weight is 276 g/mol. The van der Waals surface area contributed by atoms with Gasteiger partial charge in [-0.05, 0) is 44.0 Å². The number of likely N-dealkylation sites (tertiary alicyclic amines) is 1. The number of hydrogen-bond acceptors (Lipinski definition) is 4. The minimum absolute atomic E-state index is 0.387. The fraction of sp³-hybridized carbons (Fsp3) is 0.533. The van der Waals surface area contributed by atoms with Gasteiger partial charge in [-0.25, -0.2) is 0 Å². The van der Waals surface area contributed by atoms with E-state index in [9.17, 15) is 4.79 Å². The van der Waals surface area contributed by atoms with Gasteiger partial charge in [0.05, 0.1) is 5.56 Å². The second-order valence-electron chi connectivity index (χ2n) is 5.43. The summed E-state index contributed by atoms with van der Waals surface area (Å²) in [7, 11) is 0. The van der Waals surface area contributed by atoms with E-state index >= 15 is 0 Å². The molecule has 0 spiro atoms. The van der Waals surface area contributed by atoms with Crippen molar-refractivity contribution in [2.24, 2.45) is 5.73 Å². The van der Waals surface area contributed by atoms with Crippen molar-refractivity contribution in [1.82, 2.24) is 4.90 Å². The van der Waals surface area contributed by atoms with E-state index in [4.69, 9.17) is 11.5 Å². The number of carbonyl (C=O) groups is 1. The molecular weight excluding hydrogens is 252 g/mol. The lowest BCUT2D eigenvalue weighted by molar-refractivity contribution is 0.100. The van der Waals surface area contributed by atoms with Gasteiger partial charge in [-0.3, -0.25) is 4.79 Å².